The van der Waals surface area contributed by atoms with Crippen molar-refractivity contribution in [2.75, 3.05) is 25.5 Å². The Hall–Kier alpha value is -3.16. The molecule has 0 aliphatic rings. The van der Waals surface area contributed by atoms with Crippen LogP contribution in [0, 0.1) is 0 Å². The number of imidazole rings is 1. The maximum Gasteiger partial charge on any atom is 0.293 e. The lowest BCUT2D eigenvalue weighted by molar-refractivity contribution is -0.121. The Morgan fingerprint density at radius 3 is 2.78 bits per heavy atom. The fourth-order valence-corrected chi connectivity index (χ4v) is 2.90. The molecule has 0 aliphatic heterocycles. The van der Waals surface area contributed by atoms with Crippen LogP contribution < -0.4 is 15.8 Å². The summed E-state index contributed by atoms with van der Waals surface area (Å²) in [5.41, 5.74) is 1.29. The summed E-state index contributed by atoms with van der Waals surface area (Å²) in [5, 5.41) is 2.91. The predicted octanol–water partition coefficient (Wildman–Crippen LogP) is 1.26. The van der Waals surface area contributed by atoms with Gasteiger partial charge in [-0.25, -0.2) is 9.97 Å². The number of anilines is 1. The number of nitrogens with zero attached hydrogens (tertiary/aromatic N) is 5. The molecular weight excluding hydrogens is 344 g/mol. The van der Waals surface area contributed by atoms with Gasteiger partial charge >= 0.3 is 0 Å². The van der Waals surface area contributed by atoms with Gasteiger partial charge in [-0.15, -0.1) is 0 Å². The van der Waals surface area contributed by atoms with Crippen molar-refractivity contribution in [2.24, 2.45) is 0 Å². The number of amides is 1. The summed E-state index contributed by atoms with van der Waals surface area (Å²) in [4.78, 5) is 35.0. The van der Waals surface area contributed by atoms with Crippen LogP contribution in [0.1, 0.15) is 12.8 Å². The second-order valence-corrected chi connectivity index (χ2v) is 6.53. The van der Waals surface area contributed by atoms with Gasteiger partial charge in [0.25, 0.3) is 5.56 Å². The summed E-state index contributed by atoms with van der Waals surface area (Å²) in [6.07, 6.45) is 6.45. The minimum Gasteiger partial charge on any atom is -0.358 e. The topological polar surface area (TPSA) is 85.1 Å². The van der Waals surface area contributed by atoms with Crippen LogP contribution in [-0.4, -0.2) is 45.6 Å². The molecule has 0 unspecified atom stereocenters. The summed E-state index contributed by atoms with van der Waals surface area (Å²) in [6, 6.07) is 7.47. The summed E-state index contributed by atoms with van der Waals surface area (Å²) in [5.74, 6) is 0.300. The van der Waals surface area contributed by atoms with Crippen molar-refractivity contribution in [1.29, 1.82) is 0 Å². The summed E-state index contributed by atoms with van der Waals surface area (Å²) in [7, 11) is 3.58. The quantitative estimate of drug-likeness (QED) is 0.605. The molecule has 0 saturated carbocycles. The molecule has 8 heteroatoms. The second-order valence-electron chi connectivity index (χ2n) is 6.53. The highest BCUT2D eigenvalue weighted by Crippen LogP contribution is 2.13. The predicted molar refractivity (Wildman–Crippen MR) is 105 cm³/mol. The van der Waals surface area contributed by atoms with Crippen LogP contribution in [0.3, 0.4) is 0 Å². The molecule has 1 N–H and O–H groups in total. The summed E-state index contributed by atoms with van der Waals surface area (Å²) in [6.45, 7) is 1.71. The van der Waals surface area contributed by atoms with Gasteiger partial charge in [-0.2, -0.15) is 0 Å². The van der Waals surface area contributed by atoms with Crippen molar-refractivity contribution in [3.8, 4) is 0 Å². The number of hydrogen-bond donors (Lipinski definition) is 1. The lowest BCUT2D eigenvalue weighted by atomic mass is 10.2. The van der Waals surface area contributed by atoms with Gasteiger partial charge in [-0.1, -0.05) is 12.1 Å². The molecule has 0 atom stereocenters. The van der Waals surface area contributed by atoms with Crippen molar-refractivity contribution in [2.45, 2.75) is 25.9 Å². The van der Waals surface area contributed by atoms with E-state index in [0.29, 0.717) is 18.9 Å². The second kappa shape index (κ2) is 8.48. The van der Waals surface area contributed by atoms with E-state index in [1.165, 1.54) is 0 Å². The Morgan fingerprint density at radius 1 is 1.22 bits per heavy atom. The van der Waals surface area contributed by atoms with E-state index in [0.717, 1.165) is 24.0 Å². The Labute approximate surface area is 157 Å². The smallest absolute Gasteiger partial charge is 0.293 e. The zero-order valence-corrected chi connectivity index (χ0v) is 15.6. The van der Waals surface area contributed by atoms with Crippen LogP contribution in [0.5, 0.6) is 0 Å². The zero-order valence-electron chi connectivity index (χ0n) is 15.6. The molecule has 142 valence electrons. The molecule has 0 bridgehead atoms. The minimum atomic E-state index is -0.188. The van der Waals surface area contributed by atoms with Crippen molar-refractivity contribution in [1.82, 2.24) is 24.4 Å². The highest BCUT2D eigenvalue weighted by atomic mass is 16.2. The average molecular weight is 368 g/mol. The van der Waals surface area contributed by atoms with Crippen LogP contribution in [0.2, 0.25) is 0 Å². The number of nitrogens with one attached hydrogen (secondary N) is 1. The summed E-state index contributed by atoms with van der Waals surface area (Å²) >= 11 is 0. The molecule has 3 rings (SSSR count). The van der Waals surface area contributed by atoms with E-state index in [-0.39, 0.29) is 17.9 Å². The maximum atomic E-state index is 12.7. The number of aromatic nitrogens is 4. The number of carbonyl (C=O) groups excluding carboxylic acids is 1. The Kier molecular flexibility index (Phi) is 5.85. The van der Waals surface area contributed by atoms with Crippen LogP contribution in [0.15, 0.2) is 47.8 Å². The van der Waals surface area contributed by atoms with E-state index in [9.17, 15) is 9.59 Å². The first-order valence-electron chi connectivity index (χ1n) is 8.95. The van der Waals surface area contributed by atoms with Gasteiger partial charge in [0.1, 0.15) is 0 Å². The summed E-state index contributed by atoms with van der Waals surface area (Å²) < 4.78 is 3.60. The van der Waals surface area contributed by atoms with Crippen LogP contribution >= 0.6 is 0 Å². The van der Waals surface area contributed by atoms with E-state index in [4.69, 9.17) is 0 Å². The Balaban J connectivity index is 1.63. The van der Waals surface area contributed by atoms with E-state index in [2.05, 4.69) is 15.3 Å². The third-order valence-corrected chi connectivity index (χ3v) is 4.30. The van der Waals surface area contributed by atoms with Gasteiger partial charge in [0.05, 0.1) is 17.4 Å². The number of aryl methyl sites for hydroxylation is 2. The highest BCUT2D eigenvalue weighted by molar-refractivity contribution is 5.78. The Bertz CT molecular complexity index is 962. The molecule has 2 heterocycles. The molecule has 0 fully saturated rings. The van der Waals surface area contributed by atoms with E-state index in [1.54, 1.807) is 36.1 Å². The lowest BCUT2D eigenvalue weighted by Gasteiger charge is -2.16. The molecule has 1 amide bonds. The molecular formula is C19H24N6O2. The van der Waals surface area contributed by atoms with Crippen molar-refractivity contribution < 1.29 is 4.79 Å². The number of hydrogen-bond acceptors (Lipinski definition) is 5. The standard InChI is InChI=1S/C19H24N6O2/c1-23(2)18-19(27)25(16-7-4-3-6-15(16)22-18)12-8-17(26)21-9-5-11-24-13-10-20-14-24/h3-4,6-7,10,13-14H,5,8-9,11-12H2,1-2H3,(H,21,26). The first-order valence-corrected chi connectivity index (χ1v) is 8.95. The van der Waals surface area contributed by atoms with Crippen molar-refractivity contribution >= 4 is 22.8 Å². The zero-order chi connectivity index (χ0) is 19.2. The normalized spacial score (nSPS) is 10.9. The van der Waals surface area contributed by atoms with E-state index >= 15 is 0 Å². The van der Waals surface area contributed by atoms with E-state index in [1.807, 2.05) is 35.0 Å². The van der Waals surface area contributed by atoms with Gasteiger partial charge in [-0.3, -0.25) is 9.59 Å². The van der Waals surface area contributed by atoms with Gasteiger partial charge in [0.2, 0.25) is 5.91 Å². The fourth-order valence-electron chi connectivity index (χ4n) is 2.90. The van der Waals surface area contributed by atoms with Crippen LogP contribution in [-0.2, 0) is 17.9 Å². The monoisotopic (exact) mass is 368 g/mol. The van der Waals surface area contributed by atoms with Gasteiger partial charge in [0, 0.05) is 52.5 Å². The molecule has 2 aromatic heterocycles. The molecule has 3 aromatic rings. The fraction of sp³-hybridized carbons (Fsp3) is 0.368. The Morgan fingerprint density at radius 2 is 2.04 bits per heavy atom. The highest BCUT2D eigenvalue weighted by Gasteiger charge is 2.13. The number of benzene rings is 1. The largest absolute Gasteiger partial charge is 0.358 e. The van der Waals surface area contributed by atoms with Crippen LogP contribution in [0.4, 0.5) is 5.82 Å². The molecule has 0 aliphatic carbocycles. The maximum absolute atomic E-state index is 12.7. The molecule has 8 nitrogen and oxygen atoms in total. The number of rotatable bonds is 8. The molecule has 0 radical (unpaired) electrons. The van der Waals surface area contributed by atoms with E-state index < -0.39 is 0 Å². The molecule has 0 spiro atoms. The molecule has 1 aromatic carbocycles. The third kappa shape index (κ3) is 4.52. The van der Waals surface area contributed by atoms with Crippen molar-refractivity contribution in [3.05, 3.63) is 53.3 Å². The number of para-hydroxylation sites is 2. The number of carbonyl (C=O) groups is 1. The first-order chi connectivity index (χ1) is 13.1. The lowest BCUT2D eigenvalue weighted by Crippen LogP contribution is -2.31. The third-order valence-electron chi connectivity index (χ3n) is 4.30. The minimum absolute atomic E-state index is 0.0696. The average Bonchev–Trinajstić information content (AvgIpc) is 3.17. The molecule has 27 heavy (non-hydrogen) atoms. The van der Waals surface area contributed by atoms with Crippen molar-refractivity contribution in [3.63, 3.8) is 0 Å². The van der Waals surface area contributed by atoms with Gasteiger partial charge in [0.15, 0.2) is 5.82 Å². The van der Waals surface area contributed by atoms with Gasteiger partial charge in [-0.05, 0) is 18.6 Å². The van der Waals surface area contributed by atoms with Gasteiger partial charge < -0.3 is 19.4 Å². The molecule has 0 saturated heterocycles. The number of fused-ring (bicyclic) bond motifs is 1. The van der Waals surface area contributed by atoms with Crippen LogP contribution in [0.25, 0.3) is 11.0 Å². The first kappa shape index (κ1) is 18.6. The SMILES string of the molecule is CN(C)c1nc2ccccc2n(CCC(=O)NCCCn2ccnc2)c1=O.